The molecule has 18 heavy (non-hydrogen) atoms. The van der Waals surface area contributed by atoms with E-state index in [1.54, 1.807) is 0 Å². The van der Waals surface area contributed by atoms with Crippen molar-refractivity contribution in [1.82, 2.24) is 5.32 Å². The fourth-order valence-corrected chi connectivity index (χ4v) is 2.83. The Kier molecular flexibility index (Phi) is 5.41. The summed E-state index contributed by atoms with van der Waals surface area (Å²) < 4.78 is 10.8. The number of nitrogens with two attached hydrogens (primary N) is 1. The van der Waals surface area contributed by atoms with E-state index in [-0.39, 0.29) is 17.9 Å². The van der Waals surface area contributed by atoms with Crippen LogP contribution in [0.5, 0.6) is 0 Å². The number of rotatable bonds is 4. The lowest BCUT2D eigenvalue weighted by atomic mass is 9.79. The molecule has 0 aromatic rings. The number of nitrogens with one attached hydrogen (secondary N) is 1. The number of amides is 1. The van der Waals surface area contributed by atoms with Crippen LogP contribution in [0.25, 0.3) is 0 Å². The Morgan fingerprint density at radius 2 is 2.11 bits per heavy atom. The van der Waals surface area contributed by atoms with Gasteiger partial charge in [0.05, 0.1) is 25.9 Å². The van der Waals surface area contributed by atoms with Crippen LogP contribution in [0.15, 0.2) is 0 Å². The summed E-state index contributed by atoms with van der Waals surface area (Å²) >= 11 is 0. The van der Waals surface area contributed by atoms with Crippen molar-refractivity contribution < 1.29 is 14.3 Å². The van der Waals surface area contributed by atoms with Crippen LogP contribution in [0.4, 0.5) is 0 Å². The molecule has 5 nitrogen and oxygen atoms in total. The minimum Gasteiger partial charge on any atom is -0.376 e. The Morgan fingerprint density at radius 1 is 1.28 bits per heavy atom. The molecule has 0 spiro atoms. The van der Waals surface area contributed by atoms with Crippen molar-refractivity contribution in [1.29, 1.82) is 0 Å². The Balaban J connectivity index is 1.75. The molecule has 2 aliphatic rings. The zero-order valence-electron chi connectivity index (χ0n) is 10.9. The minimum atomic E-state index is 0.00242. The van der Waals surface area contributed by atoms with Crippen molar-refractivity contribution in [3.05, 3.63) is 0 Å². The second-order valence-corrected chi connectivity index (χ2v) is 5.20. The highest BCUT2D eigenvalue weighted by Gasteiger charge is 2.30. The number of carbonyl (C=O) groups excluding carboxylic acids is 1. The average Bonchev–Trinajstić information content (AvgIpc) is 2.45. The van der Waals surface area contributed by atoms with Gasteiger partial charge in [-0.25, -0.2) is 0 Å². The van der Waals surface area contributed by atoms with Gasteiger partial charge >= 0.3 is 0 Å². The fraction of sp³-hybridized carbons (Fsp3) is 0.923. The molecule has 1 amide bonds. The highest BCUT2D eigenvalue weighted by molar-refractivity contribution is 5.79. The molecule has 1 aliphatic carbocycles. The molecule has 0 aromatic heterocycles. The first kappa shape index (κ1) is 13.8. The minimum absolute atomic E-state index is 0.00242. The predicted octanol–water partition coefficient (Wildman–Crippen LogP) is 0.283. The van der Waals surface area contributed by atoms with E-state index < -0.39 is 0 Å². The maximum atomic E-state index is 12.1. The molecule has 3 atom stereocenters. The molecule has 5 heteroatoms. The summed E-state index contributed by atoms with van der Waals surface area (Å²) in [5.41, 5.74) is 5.75. The van der Waals surface area contributed by atoms with Crippen molar-refractivity contribution in [2.45, 2.75) is 31.8 Å². The molecule has 3 N–H and O–H groups in total. The maximum Gasteiger partial charge on any atom is 0.223 e. The summed E-state index contributed by atoms with van der Waals surface area (Å²) in [5.74, 6) is 0.579. The molecule has 0 aromatic carbocycles. The lowest BCUT2D eigenvalue weighted by Crippen LogP contribution is -2.44. The van der Waals surface area contributed by atoms with Gasteiger partial charge in [0.15, 0.2) is 0 Å². The van der Waals surface area contributed by atoms with Crippen LogP contribution in [-0.2, 0) is 14.3 Å². The molecule has 2 rings (SSSR count). The van der Waals surface area contributed by atoms with Gasteiger partial charge in [-0.3, -0.25) is 4.79 Å². The van der Waals surface area contributed by atoms with Gasteiger partial charge in [-0.2, -0.15) is 0 Å². The first-order valence-corrected chi connectivity index (χ1v) is 6.98. The monoisotopic (exact) mass is 256 g/mol. The van der Waals surface area contributed by atoms with E-state index in [4.69, 9.17) is 15.2 Å². The summed E-state index contributed by atoms with van der Waals surface area (Å²) in [4.78, 5) is 12.1. The van der Waals surface area contributed by atoms with E-state index in [2.05, 4.69) is 5.32 Å². The Morgan fingerprint density at radius 3 is 2.83 bits per heavy atom. The van der Waals surface area contributed by atoms with Gasteiger partial charge in [0, 0.05) is 12.5 Å². The van der Waals surface area contributed by atoms with Crippen molar-refractivity contribution in [2.75, 3.05) is 32.9 Å². The van der Waals surface area contributed by atoms with Gasteiger partial charge in [-0.15, -0.1) is 0 Å². The summed E-state index contributed by atoms with van der Waals surface area (Å²) in [6.07, 6.45) is 4.39. The van der Waals surface area contributed by atoms with Crippen LogP contribution in [-0.4, -0.2) is 44.9 Å². The van der Waals surface area contributed by atoms with E-state index in [1.165, 1.54) is 6.42 Å². The number of hydrogen-bond donors (Lipinski definition) is 2. The summed E-state index contributed by atoms with van der Waals surface area (Å²) in [6.45, 7) is 3.01. The smallest absolute Gasteiger partial charge is 0.223 e. The van der Waals surface area contributed by atoms with Crippen LogP contribution in [0.2, 0.25) is 0 Å². The van der Waals surface area contributed by atoms with Gasteiger partial charge in [-0.05, 0) is 25.3 Å². The van der Waals surface area contributed by atoms with Gasteiger partial charge in [0.1, 0.15) is 0 Å². The standard InChI is InChI=1S/C13H24N2O3/c14-7-10-3-1-2-4-12(10)13(16)15-8-11-9-17-5-6-18-11/h10-12H,1-9,14H2,(H,15,16). The van der Waals surface area contributed by atoms with Crippen molar-refractivity contribution in [3.63, 3.8) is 0 Å². The van der Waals surface area contributed by atoms with Gasteiger partial charge < -0.3 is 20.5 Å². The van der Waals surface area contributed by atoms with E-state index in [0.717, 1.165) is 19.3 Å². The Labute approximate surface area is 108 Å². The van der Waals surface area contributed by atoms with Crippen molar-refractivity contribution in [2.24, 2.45) is 17.6 Å². The molecule has 1 heterocycles. The third kappa shape index (κ3) is 3.67. The molecule has 1 aliphatic heterocycles. The number of carbonyl (C=O) groups is 1. The first-order valence-electron chi connectivity index (χ1n) is 6.98. The molecule has 0 bridgehead atoms. The Bertz CT molecular complexity index is 267. The van der Waals surface area contributed by atoms with E-state index >= 15 is 0 Å². The van der Waals surface area contributed by atoms with Crippen LogP contribution in [0, 0.1) is 11.8 Å². The molecule has 104 valence electrons. The molecular weight excluding hydrogens is 232 g/mol. The molecule has 0 radical (unpaired) electrons. The normalized spacial score (nSPS) is 33.1. The lowest BCUT2D eigenvalue weighted by Gasteiger charge is -2.30. The third-order valence-corrected chi connectivity index (χ3v) is 3.94. The number of hydrogen-bond acceptors (Lipinski definition) is 4. The fourth-order valence-electron chi connectivity index (χ4n) is 2.83. The highest BCUT2D eigenvalue weighted by atomic mass is 16.6. The van der Waals surface area contributed by atoms with Gasteiger partial charge in [-0.1, -0.05) is 12.8 Å². The largest absolute Gasteiger partial charge is 0.376 e. The predicted molar refractivity (Wildman–Crippen MR) is 68.1 cm³/mol. The maximum absolute atomic E-state index is 12.1. The van der Waals surface area contributed by atoms with E-state index in [0.29, 0.717) is 38.8 Å². The SMILES string of the molecule is NCC1CCCCC1C(=O)NCC1COCCO1. The third-order valence-electron chi connectivity index (χ3n) is 3.94. The highest BCUT2D eigenvalue weighted by Crippen LogP contribution is 2.29. The van der Waals surface area contributed by atoms with Crippen LogP contribution >= 0.6 is 0 Å². The quantitative estimate of drug-likeness (QED) is 0.758. The van der Waals surface area contributed by atoms with Crippen molar-refractivity contribution >= 4 is 5.91 Å². The summed E-state index contributed by atoms with van der Waals surface area (Å²) in [6, 6.07) is 0. The molecule has 1 saturated heterocycles. The van der Waals surface area contributed by atoms with Gasteiger partial charge in [0.2, 0.25) is 5.91 Å². The molecule has 1 saturated carbocycles. The second kappa shape index (κ2) is 7.07. The van der Waals surface area contributed by atoms with Crippen LogP contribution in [0.1, 0.15) is 25.7 Å². The first-order chi connectivity index (χ1) is 8.81. The van der Waals surface area contributed by atoms with Gasteiger partial charge in [0.25, 0.3) is 0 Å². The Hall–Kier alpha value is -0.650. The topological polar surface area (TPSA) is 73.6 Å². The molecular formula is C13H24N2O3. The lowest BCUT2D eigenvalue weighted by molar-refractivity contribution is -0.130. The zero-order valence-corrected chi connectivity index (χ0v) is 10.9. The van der Waals surface area contributed by atoms with Crippen LogP contribution in [0.3, 0.4) is 0 Å². The zero-order chi connectivity index (χ0) is 12.8. The van der Waals surface area contributed by atoms with Crippen molar-refractivity contribution in [3.8, 4) is 0 Å². The second-order valence-electron chi connectivity index (χ2n) is 5.20. The molecule has 3 unspecified atom stereocenters. The van der Waals surface area contributed by atoms with E-state index in [1.807, 2.05) is 0 Å². The molecule has 2 fully saturated rings. The number of ether oxygens (including phenoxy) is 2. The summed E-state index contributed by atoms with van der Waals surface area (Å²) in [7, 11) is 0. The summed E-state index contributed by atoms with van der Waals surface area (Å²) in [5, 5.41) is 2.99. The van der Waals surface area contributed by atoms with Crippen LogP contribution < -0.4 is 11.1 Å². The average molecular weight is 256 g/mol. The van der Waals surface area contributed by atoms with E-state index in [9.17, 15) is 4.79 Å².